The van der Waals surface area contributed by atoms with Gasteiger partial charge in [-0.1, -0.05) is 24.6 Å². The fourth-order valence-electron chi connectivity index (χ4n) is 3.87. The predicted octanol–water partition coefficient (Wildman–Crippen LogP) is 3.51. The number of nitrogens with one attached hydrogen (secondary N) is 2. The molecule has 6 nitrogen and oxygen atoms in total. The number of hydrogen-bond acceptors (Lipinski definition) is 5. The highest BCUT2D eigenvalue weighted by atomic mass is 32.1. The molecule has 0 atom stereocenters. The van der Waals surface area contributed by atoms with Crippen molar-refractivity contribution in [3.63, 3.8) is 0 Å². The van der Waals surface area contributed by atoms with Crippen LogP contribution < -0.4 is 15.6 Å². The molecule has 1 aliphatic carbocycles. The molecule has 29 heavy (non-hydrogen) atoms. The summed E-state index contributed by atoms with van der Waals surface area (Å²) in [5.74, 6) is 1.24. The number of hydrogen-bond donors (Lipinski definition) is 2. The number of aromatic amines is 1. The Balaban J connectivity index is 1.42. The standard InChI is InChI=1S/C22H25N3O3S/c1-28-16-9-6-5-7-14(16)13-23-19(26)12-11-18-24-21(27)20-15-8-3-2-4-10-17(15)29-22(20)25-18/h5-7,9H,2-4,8,10-13H2,1H3,(H,23,26)(H,24,25,27). The zero-order chi connectivity index (χ0) is 20.2. The van der Waals surface area contributed by atoms with Gasteiger partial charge in [0, 0.05) is 29.8 Å². The zero-order valence-corrected chi connectivity index (χ0v) is 17.4. The molecule has 1 aromatic carbocycles. The van der Waals surface area contributed by atoms with Gasteiger partial charge >= 0.3 is 0 Å². The second-order valence-corrected chi connectivity index (χ2v) is 8.43. The molecule has 1 aliphatic rings. The van der Waals surface area contributed by atoms with Crippen LogP contribution in [0, 0.1) is 0 Å². The van der Waals surface area contributed by atoms with E-state index in [1.165, 1.54) is 23.3 Å². The number of methoxy groups -OCH3 is 1. The zero-order valence-electron chi connectivity index (χ0n) is 16.5. The maximum atomic E-state index is 12.7. The average molecular weight is 412 g/mol. The Bertz CT molecular complexity index is 1090. The number of H-pyrrole nitrogens is 1. The fourth-order valence-corrected chi connectivity index (χ4v) is 5.15. The van der Waals surface area contributed by atoms with Gasteiger partial charge in [0.1, 0.15) is 16.4 Å². The molecule has 0 fully saturated rings. The Morgan fingerprint density at radius 1 is 1.24 bits per heavy atom. The van der Waals surface area contributed by atoms with E-state index in [2.05, 4.69) is 15.3 Å². The number of carbonyl (C=O) groups is 1. The Morgan fingerprint density at radius 2 is 2.07 bits per heavy atom. The van der Waals surface area contributed by atoms with Crippen LogP contribution in [0.1, 0.15) is 47.5 Å². The molecule has 0 aliphatic heterocycles. The first-order valence-corrected chi connectivity index (χ1v) is 10.9. The number of aryl methyl sites for hydroxylation is 3. The quantitative estimate of drug-likeness (QED) is 0.608. The van der Waals surface area contributed by atoms with Crippen molar-refractivity contribution in [1.82, 2.24) is 15.3 Å². The van der Waals surface area contributed by atoms with Crippen LogP contribution in [0.15, 0.2) is 29.1 Å². The van der Waals surface area contributed by atoms with E-state index in [-0.39, 0.29) is 17.9 Å². The van der Waals surface area contributed by atoms with Crippen LogP contribution >= 0.6 is 11.3 Å². The van der Waals surface area contributed by atoms with Crippen LogP contribution in [0.5, 0.6) is 5.75 Å². The van der Waals surface area contributed by atoms with Crippen LogP contribution in [-0.4, -0.2) is 23.0 Å². The van der Waals surface area contributed by atoms with Crippen molar-refractivity contribution in [1.29, 1.82) is 0 Å². The second kappa shape index (κ2) is 8.78. The van der Waals surface area contributed by atoms with E-state index in [1.54, 1.807) is 18.4 Å². The third kappa shape index (κ3) is 4.34. The molecular formula is C22H25N3O3S. The summed E-state index contributed by atoms with van der Waals surface area (Å²) in [5.41, 5.74) is 2.05. The third-order valence-electron chi connectivity index (χ3n) is 5.38. The Morgan fingerprint density at radius 3 is 2.93 bits per heavy atom. The van der Waals surface area contributed by atoms with Crippen molar-refractivity contribution in [2.45, 2.75) is 51.5 Å². The summed E-state index contributed by atoms with van der Waals surface area (Å²) < 4.78 is 5.30. The van der Waals surface area contributed by atoms with Crippen molar-refractivity contribution < 1.29 is 9.53 Å². The van der Waals surface area contributed by atoms with Crippen LogP contribution in [-0.2, 0) is 30.6 Å². The molecule has 0 saturated heterocycles. The van der Waals surface area contributed by atoms with E-state index in [1.807, 2.05) is 24.3 Å². The largest absolute Gasteiger partial charge is 0.496 e. The van der Waals surface area contributed by atoms with E-state index < -0.39 is 0 Å². The summed E-state index contributed by atoms with van der Waals surface area (Å²) in [5, 5.41) is 3.67. The summed E-state index contributed by atoms with van der Waals surface area (Å²) in [4.78, 5) is 34.6. The summed E-state index contributed by atoms with van der Waals surface area (Å²) in [6.07, 6.45) is 6.21. The van der Waals surface area contributed by atoms with Crippen LogP contribution in [0.2, 0.25) is 0 Å². The van der Waals surface area contributed by atoms with Gasteiger partial charge in [0.15, 0.2) is 0 Å². The lowest BCUT2D eigenvalue weighted by molar-refractivity contribution is -0.121. The van der Waals surface area contributed by atoms with Crippen molar-refractivity contribution in [2.24, 2.45) is 0 Å². The van der Waals surface area contributed by atoms with Gasteiger partial charge in [0.05, 0.1) is 12.5 Å². The monoisotopic (exact) mass is 411 g/mol. The number of thiophene rings is 1. The molecule has 152 valence electrons. The number of aromatic nitrogens is 2. The molecule has 7 heteroatoms. The minimum absolute atomic E-state index is 0.0705. The molecule has 0 unspecified atom stereocenters. The number of carbonyl (C=O) groups excluding carboxylic acids is 1. The predicted molar refractivity (Wildman–Crippen MR) is 115 cm³/mol. The molecule has 2 aromatic heterocycles. The number of ether oxygens (including phenoxy) is 1. The average Bonchev–Trinajstić information content (AvgIpc) is 2.92. The van der Waals surface area contributed by atoms with Gasteiger partial charge in [-0.25, -0.2) is 4.98 Å². The maximum absolute atomic E-state index is 12.7. The summed E-state index contributed by atoms with van der Waals surface area (Å²) >= 11 is 1.64. The molecule has 2 heterocycles. The lowest BCUT2D eigenvalue weighted by Crippen LogP contribution is -2.24. The third-order valence-corrected chi connectivity index (χ3v) is 6.57. The number of fused-ring (bicyclic) bond motifs is 3. The summed E-state index contributed by atoms with van der Waals surface area (Å²) in [7, 11) is 1.61. The fraction of sp³-hybridized carbons (Fsp3) is 0.409. The number of benzene rings is 1. The van der Waals surface area contributed by atoms with Gasteiger partial charge < -0.3 is 15.0 Å². The van der Waals surface area contributed by atoms with Crippen LogP contribution in [0.25, 0.3) is 10.2 Å². The highest BCUT2D eigenvalue weighted by molar-refractivity contribution is 7.18. The van der Waals surface area contributed by atoms with Gasteiger partial charge in [-0.2, -0.15) is 0 Å². The highest BCUT2D eigenvalue weighted by Gasteiger charge is 2.19. The molecule has 3 aromatic rings. The van der Waals surface area contributed by atoms with Gasteiger partial charge in [0.2, 0.25) is 5.91 Å². The lowest BCUT2D eigenvalue weighted by atomic mass is 10.1. The summed E-state index contributed by atoms with van der Waals surface area (Å²) in [6.45, 7) is 0.406. The van der Waals surface area contributed by atoms with Crippen molar-refractivity contribution >= 4 is 27.5 Å². The first-order valence-electron chi connectivity index (χ1n) is 10.1. The van der Waals surface area contributed by atoms with E-state index in [0.29, 0.717) is 18.8 Å². The van der Waals surface area contributed by atoms with Gasteiger partial charge in [0.25, 0.3) is 5.56 Å². The van der Waals surface area contributed by atoms with Gasteiger partial charge in [-0.15, -0.1) is 11.3 Å². The minimum atomic E-state index is -0.0828. The van der Waals surface area contributed by atoms with E-state index >= 15 is 0 Å². The first-order chi connectivity index (χ1) is 14.2. The van der Waals surface area contributed by atoms with Crippen molar-refractivity contribution in [2.75, 3.05) is 7.11 Å². The normalized spacial score (nSPS) is 13.7. The topological polar surface area (TPSA) is 84.1 Å². The SMILES string of the molecule is COc1ccccc1CNC(=O)CCc1nc2sc3c(c2c(=O)[nH]1)CCCCC3. The van der Waals surface area contributed by atoms with Gasteiger partial charge in [-0.05, 0) is 37.3 Å². The minimum Gasteiger partial charge on any atom is -0.496 e. The lowest BCUT2D eigenvalue weighted by Gasteiger charge is -2.09. The molecule has 0 bridgehead atoms. The Kier molecular flexibility index (Phi) is 5.94. The molecule has 0 saturated carbocycles. The second-order valence-electron chi connectivity index (χ2n) is 7.35. The van der Waals surface area contributed by atoms with Crippen molar-refractivity contribution in [3.8, 4) is 5.75 Å². The smallest absolute Gasteiger partial charge is 0.259 e. The number of rotatable bonds is 6. The number of para-hydroxylation sites is 1. The maximum Gasteiger partial charge on any atom is 0.259 e. The highest BCUT2D eigenvalue weighted by Crippen LogP contribution is 2.32. The molecule has 2 N–H and O–H groups in total. The summed E-state index contributed by atoms with van der Waals surface area (Å²) in [6, 6.07) is 7.60. The molecule has 4 rings (SSSR count). The number of nitrogens with zero attached hydrogens (tertiary/aromatic N) is 1. The molecule has 0 radical (unpaired) electrons. The molecule has 0 spiro atoms. The van der Waals surface area contributed by atoms with Crippen LogP contribution in [0.3, 0.4) is 0 Å². The molecule has 1 amide bonds. The van der Waals surface area contributed by atoms with Crippen molar-refractivity contribution in [3.05, 3.63) is 56.4 Å². The van der Waals surface area contributed by atoms with Gasteiger partial charge in [-0.3, -0.25) is 9.59 Å². The number of amides is 1. The first kappa shape index (κ1) is 19.6. The Labute approximate surface area is 173 Å². The Hall–Kier alpha value is -2.67. The van der Waals surface area contributed by atoms with E-state index in [4.69, 9.17) is 4.74 Å². The van der Waals surface area contributed by atoms with E-state index in [9.17, 15) is 9.59 Å². The van der Waals surface area contributed by atoms with E-state index in [0.717, 1.165) is 40.8 Å². The van der Waals surface area contributed by atoms with Crippen LogP contribution in [0.4, 0.5) is 0 Å². The molecular weight excluding hydrogens is 386 g/mol.